The van der Waals surface area contributed by atoms with E-state index < -0.39 is 0 Å². The molecular weight excluding hydrogens is 238 g/mol. The van der Waals surface area contributed by atoms with Crippen LogP contribution in [0.3, 0.4) is 0 Å². The van der Waals surface area contributed by atoms with Crippen LogP contribution in [0.5, 0.6) is 0 Å². The maximum Gasteiger partial charge on any atom is 0.0742 e. The van der Waals surface area contributed by atoms with Crippen LogP contribution in [0.15, 0.2) is 18.3 Å². The molecule has 0 fully saturated rings. The molecule has 5 nitrogen and oxygen atoms in total. The number of nitrogens with zero attached hydrogens (tertiary/aromatic N) is 4. The van der Waals surface area contributed by atoms with Crippen molar-refractivity contribution in [2.24, 2.45) is 5.73 Å². The molecule has 2 aromatic rings. The minimum Gasteiger partial charge on any atom is -0.319 e. The highest BCUT2D eigenvalue weighted by Crippen LogP contribution is 2.22. The van der Waals surface area contributed by atoms with Crippen molar-refractivity contribution in [3.8, 4) is 0 Å². The Labute approximate surface area is 113 Å². The molecule has 0 amide bonds. The first kappa shape index (κ1) is 13.7. The fourth-order valence-corrected chi connectivity index (χ4v) is 2.24. The summed E-state index contributed by atoms with van der Waals surface area (Å²) in [5, 5.41) is 12.7. The molecule has 2 aromatic heterocycles. The molecule has 5 heteroatoms. The van der Waals surface area contributed by atoms with Crippen molar-refractivity contribution >= 4 is 0 Å². The second-order valence-corrected chi connectivity index (χ2v) is 4.70. The lowest BCUT2D eigenvalue weighted by molar-refractivity contribution is 0.557. The lowest BCUT2D eigenvalue weighted by atomic mass is 10.0. The van der Waals surface area contributed by atoms with E-state index in [4.69, 9.17) is 5.73 Å². The second-order valence-electron chi connectivity index (χ2n) is 4.70. The number of hydrogen-bond acceptors (Lipinski definition) is 4. The number of aryl methyl sites for hydroxylation is 3. The maximum atomic E-state index is 6.41. The van der Waals surface area contributed by atoms with Gasteiger partial charge < -0.3 is 5.73 Å². The van der Waals surface area contributed by atoms with E-state index in [-0.39, 0.29) is 6.04 Å². The summed E-state index contributed by atoms with van der Waals surface area (Å²) in [5.74, 6) is 0. The lowest BCUT2D eigenvalue weighted by Crippen LogP contribution is -2.20. The smallest absolute Gasteiger partial charge is 0.0742 e. The molecule has 102 valence electrons. The molecular formula is C14H21N5. The van der Waals surface area contributed by atoms with E-state index in [1.54, 1.807) is 6.20 Å². The van der Waals surface area contributed by atoms with Gasteiger partial charge in [0.25, 0.3) is 0 Å². The fraction of sp³-hybridized carbons (Fsp3) is 0.500. The van der Waals surface area contributed by atoms with Crippen molar-refractivity contribution in [2.75, 3.05) is 0 Å². The summed E-state index contributed by atoms with van der Waals surface area (Å²) < 4.78 is 1.97. The SMILES string of the molecule is CCCn1nccc1C(N)c1cc(C)nnc1CC. The summed E-state index contributed by atoms with van der Waals surface area (Å²) in [5.41, 5.74) is 10.3. The molecule has 0 bridgehead atoms. The molecule has 2 N–H and O–H groups in total. The Bertz CT molecular complexity index is 547. The number of aromatic nitrogens is 4. The van der Waals surface area contributed by atoms with E-state index in [1.807, 2.05) is 23.7 Å². The molecule has 0 saturated carbocycles. The fourth-order valence-electron chi connectivity index (χ4n) is 2.24. The van der Waals surface area contributed by atoms with Gasteiger partial charge in [-0.15, -0.1) is 0 Å². The van der Waals surface area contributed by atoms with Crippen molar-refractivity contribution in [3.05, 3.63) is 41.0 Å². The zero-order chi connectivity index (χ0) is 13.8. The normalized spacial score (nSPS) is 12.6. The Morgan fingerprint density at radius 2 is 2.11 bits per heavy atom. The van der Waals surface area contributed by atoms with Crippen LogP contribution < -0.4 is 5.73 Å². The third-order valence-corrected chi connectivity index (χ3v) is 3.20. The van der Waals surface area contributed by atoms with Crippen LogP contribution in [0.25, 0.3) is 0 Å². The summed E-state index contributed by atoms with van der Waals surface area (Å²) in [6.07, 6.45) is 3.67. The van der Waals surface area contributed by atoms with Crippen molar-refractivity contribution < 1.29 is 0 Å². The molecule has 0 aliphatic carbocycles. The minimum atomic E-state index is -0.196. The summed E-state index contributed by atoms with van der Waals surface area (Å²) >= 11 is 0. The van der Waals surface area contributed by atoms with Gasteiger partial charge in [0, 0.05) is 18.3 Å². The summed E-state index contributed by atoms with van der Waals surface area (Å²) in [7, 11) is 0. The van der Waals surface area contributed by atoms with Gasteiger partial charge in [-0.05, 0) is 31.9 Å². The van der Waals surface area contributed by atoms with Crippen LogP contribution in [0.1, 0.15) is 49.0 Å². The van der Waals surface area contributed by atoms with Gasteiger partial charge in [0.2, 0.25) is 0 Å². The van der Waals surface area contributed by atoms with Crippen LogP contribution in [-0.2, 0) is 13.0 Å². The monoisotopic (exact) mass is 259 g/mol. The standard InChI is InChI=1S/C14H21N5/c1-4-8-19-13(6-7-16-19)14(15)11-9-10(3)17-18-12(11)5-2/h6-7,9,14H,4-5,8,15H2,1-3H3. The first-order chi connectivity index (χ1) is 9.17. The number of rotatable bonds is 5. The van der Waals surface area contributed by atoms with Crippen LogP contribution in [-0.4, -0.2) is 20.0 Å². The summed E-state index contributed by atoms with van der Waals surface area (Å²) in [6, 6.07) is 3.81. The van der Waals surface area contributed by atoms with Crippen LogP contribution in [0, 0.1) is 6.92 Å². The topological polar surface area (TPSA) is 69.6 Å². The van der Waals surface area contributed by atoms with E-state index in [0.717, 1.165) is 42.0 Å². The molecule has 1 atom stereocenters. The predicted molar refractivity (Wildman–Crippen MR) is 74.7 cm³/mol. The molecule has 0 aromatic carbocycles. The van der Waals surface area contributed by atoms with Crippen LogP contribution in [0.4, 0.5) is 0 Å². The van der Waals surface area contributed by atoms with Gasteiger partial charge in [0.15, 0.2) is 0 Å². The first-order valence-electron chi connectivity index (χ1n) is 6.77. The molecule has 0 aliphatic heterocycles. The third-order valence-electron chi connectivity index (χ3n) is 3.20. The lowest BCUT2D eigenvalue weighted by Gasteiger charge is -2.17. The predicted octanol–water partition coefficient (Wildman–Crippen LogP) is 2.00. The van der Waals surface area contributed by atoms with Crippen LogP contribution in [0.2, 0.25) is 0 Å². The van der Waals surface area contributed by atoms with E-state index >= 15 is 0 Å². The molecule has 19 heavy (non-hydrogen) atoms. The van der Waals surface area contributed by atoms with Gasteiger partial charge in [-0.2, -0.15) is 15.3 Å². The Balaban J connectivity index is 2.40. The Morgan fingerprint density at radius 1 is 1.32 bits per heavy atom. The molecule has 0 radical (unpaired) electrons. The minimum absolute atomic E-state index is 0.196. The van der Waals surface area contributed by atoms with Crippen LogP contribution >= 0.6 is 0 Å². The van der Waals surface area contributed by atoms with E-state index in [2.05, 4.69) is 29.1 Å². The first-order valence-corrected chi connectivity index (χ1v) is 6.77. The third kappa shape index (κ3) is 2.81. The quantitative estimate of drug-likeness (QED) is 0.891. The van der Waals surface area contributed by atoms with Crippen molar-refractivity contribution in [1.29, 1.82) is 0 Å². The molecule has 0 aliphatic rings. The molecule has 0 spiro atoms. The highest BCUT2D eigenvalue weighted by atomic mass is 15.3. The molecule has 2 rings (SSSR count). The second kappa shape index (κ2) is 5.93. The van der Waals surface area contributed by atoms with Gasteiger partial charge in [-0.1, -0.05) is 13.8 Å². The van der Waals surface area contributed by atoms with E-state index in [1.165, 1.54) is 0 Å². The van der Waals surface area contributed by atoms with Gasteiger partial charge in [0.1, 0.15) is 0 Å². The van der Waals surface area contributed by atoms with Crippen molar-refractivity contribution in [3.63, 3.8) is 0 Å². The Kier molecular flexibility index (Phi) is 4.27. The zero-order valence-corrected chi connectivity index (χ0v) is 11.8. The highest BCUT2D eigenvalue weighted by Gasteiger charge is 2.18. The number of hydrogen-bond donors (Lipinski definition) is 1. The van der Waals surface area contributed by atoms with Gasteiger partial charge in [0.05, 0.1) is 23.1 Å². The molecule has 0 saturated heterocycles. The summed E-state index contributed by atoms with van der Waals surface area (Å²) in [4.78, 5) is 0. The average Bonchev–Trinajstić information content (AvgIpc) is 2.86. The average molecular weight is 259 g/mol. The van der Waals surface area contributed by atoms with Crippen molar-refractivity contribution in [1.82, 2.24) is 20.0 Å². The van der Waals surface area contributed by atoms with Gasteiger partial charge in [-0.3, -0.25) is 4.68 Å². The zero-order valence-electron chi connectivity index (χ0n) is 11.8. The summed E-state index contributed by atoms with van der Waals surface area (Å²) in [6.45, 7) is 7.02. The van der Waals surface area contributed by atoms with E-state index in [0.29, 0.717) is 0 Å². The number of nitrogens with two attached hydrogens (primary N) is 1. The highest BCUT2D eigenvalue weighted by molar-refractivity contribution is 5.31. The molecule has 1 unspecified atom stereocenters. The van der Waals surface area contributed by atoms with Crippen molar-refractivity contribution in [2.45, 2.75) is 46.2 Å². The Morgan fingerprint density at radius 3 is 2.79 bits per heavy atom. The van der Waals surface area contributed by atoms with E-state index in [9.17, 15) is 0 Å². The van der Waals surface area contributed by atoms with Gasteiger partial charge >= 0.3 is 0 Å². The largest absolute Gasteiger partial charge is 0.319 e. The van der Waals surface area contributed by atoms with Gasteiger partial charge in [-0.25, -0.2) is 0 Å². The maximum absolute atomic E-state index is 6.41. The molecule has 2 heterocycles. The Hall–Kier alpha value is -1.75.